The maximum absolute atomic E-state index is 12.1. The molecule has 104 valence electrons. The SMILES string of the molecule is CCCNC(=O)c1cccc(C(=O)N(CC)CC)n1. The number of nitrogens with zero attached hydrogens (tertiary/aromatic N) is 2. The van der Waals surface area contributed by atoms with E-state index in [1.807, 2.05) is 20.8 Å². The molecule has 0 fully saturated rings. The number of rotatable bonds is 6. The Balaban J connectivity index is 2.87. The van der Waals surface area contributed by atoms with Crippen molar-refractivity contribution in [3.05, 3.63) is 29.6 Å². The van der Waals surface area contributed by atoms with Gasteiger partial charge in [0.2, 0.25) is 0 Å². The summed E-state index contributed by atoms with van der Waals surface area (Å²) >= 11 is 0. The van der Waals surface area contributed by atoms with E-state index in [9.17, 15) is 9.59 Å². The highest BCUT2D eigenvalue weighted by molar-refractivity contribution is 5.96. The van der Waals surface area contributed by atoms with Gasteiger partial charge in [-0.3, -0.25) is 9.59 Å². The second kappa shape index (κ2) is 7.51. The summed E-state index contributed by atoms with van der Waals surface area (Å²) in [5.74, 6) is -0.383. The number of pyridine rings is 1. The molecule has 0 saturated carbocycles. The van der Waals surface area contributed by atoms with Crippen molar-refractivity contribution in [1.29, 1.82) is 0 Å². The van der Waals surface area contributed by atoms with E-state index in [1.165, 1.54) is 0 Å². The van der Waals surface area contributed by atoms with Crippen LogP contribution in [0.25, 0.3) is 0 Å². The lowest BCUT2D eigenvalue weighted by Crippen LogP contribution is -2.32. The summed E-state index contributed by atoms with van der Waals surface area (Å²) in [7, 11) is 0. The second-order valence-corrected chi connectivity index (χ2v) is 4.14. The summed E-state index contributed by atoms with van der Waals surface area (Å²) in [5.41, 5.74) is 0.597. The molecule has 0 aliphatic rings. The Bertz CT molecular complexity index is 442. The summed E-state index contributed by atoms with van der Waals surface area (Å²) in [6, 6.07) is 4.94. The summed E-state index contributed by atoms with van der Waals surface area (Å²) in [4.78, 5) is 29.7. The van der Waals surface area contributed by atoms with Crippen molar-refractivity contribution in [2.45, 2.75) is 27.2 Å². The van der Waals surface area contributed by atoms with Crippen LogP contribution in [0.1, 0.15) is 48.2 Å². The molecule has 2 amide bonds. The number of hydrogen-bond acceptors (Lipinski definition) is 3. The number of carbonyl (C=O) groups is 2. The molecule has 0 spiro atoms. The van der Waals surface area contributed by atoms with Crippen LogP contribution in [0.5, 0.6) is 0 Å². The van der Waals surface area contributed by atoms with Crippen molar-refractivity contribution in [3.8, 4) is 0 Å². The molecule has 5 nitrogen and oxygen atoms in total. The normalized spacial score (nSPS) is 10.1. The lowest BCUT2D eigenvalue weighted by atomic mass is 10.2. The summed E-state index contributed by atoms with van der Waals surface area (Å²) in [6.07, 6.45) is 0.865. The molecular weight excluding hydrogens is 242 g/mol. The van der Waals surface area contributed by atoms with Crippen LogP contribution < -0.4 is 5.32 Å². The Hall–Kier alpha value is -1.91. The van der Waals surface area contributed by atoms with E-state index in [2.05, 4.69) is 10.3 Å². The number of amides is 2. The van der Waals surface area contributed by atoms with Gasteiger partial charge in [-0.25, -0.2) is 4.98 Å². The monoisotopic (exact) mass is 263 g/mol. The molecule has 0 bridgehead atoms. The van der Waals surface area contributed by atoms with E-state index in [0.29, 0.717) is 25.3 Å². The molecule has 0 radical (unpaired) electrons. The predicted molar refractivity (Wildman–Crippen MR) is 74.1 cm³/mol. The Morgan fingerprint density at radius 1 is 1.16 bits per heavy atom. The van der Waals surface area contributed by atoms with Crippen molar-refractivity contribution in [2.24, 2.45) is 0 Å². The molecule has 5 heteroatoms. The van der Waals surface area contributed by atoms with Gasteiger partial charge in [-0.15, -0.1) is 0 Å². The van der Waals surface area contributed by atoms with E-state index < -0.39 is 0 Å². The minimum Gasteiger partial charge on any atom is -0.351 e. The van der Waals surface area contributed by atoms with Gasteiger partial charge in [0.1, 0.15) is 11.4 Å². The lowest BCUT2D eigenvalue weighted by Gasteiger charge is -2.18. The first-order valence-electron chi connectivity index (χ1n) is 6.68. The van der Waals surface area contributed by atoms with Crippen LogP contribution in [0.15, 0.2) is 18.2 Å². The van der Waals surface area contributed by atoms with Crippen molar-refractivity contribution < 1.29 is 9.59 Å². The topological polar surface area (TPSA) is 62.3 Å². The third-order valence-corrected chi connectivity index (χ3v) is 2.79. The van der Waals surface area contributed by atoms with Crippen molar-refractivity contribution in [2.75, 3.05) is 19.6 Å². The Kier molecular flexibility index (Phi) is 5.99. The molecule has 1 aromatic rings. The first kappa shape index (κ1) is 15.1. The fourth-order valence-electron chi connectivity index (χ4n) is 1.68. The predicted octanol–water partition coefficient (Wildman–Crippen LogP) is 1.70. The minimum absolute atomic E-state index is 0.143. The number of nitrogens with one attached hydrogen (secondary N) is 1. The maximum Gasteiger partial charge on any atom is 0.272 e. The average Bonchev–Trinajstić information content (AvgIpc) is 2.46. The van der Waals surface area contributed by atoms with Crippen LogP contribution in [0, 0.1) is 0 Å². The highest BCUT2D eigenvalue weighted by atomic mass is 16.2. The Morgan fingerprint density at radius 2 is 1.79 bits per heavy atom. The van der Waals surface area contributed by atoms with E-state index in [4.69, 9.17) is 0 Å². The first-order chi connectivity index (χ1) is 9.13. The third kappa shape index (κ3) is 4.05. The third-order valence-electron chi connectivity index (χ3n) is 2.79. The van der Waals surface area contributed by atoms with Crippen LogP contribution in [0.4, 0.5) is 0 Å². The van der Waals surface area contributed by atoms with Crippen LogP contribution in [0.3, 0.4) is 0 Å². The molecule has 19 heavy (non-hydrogen) atoms. The fourth-order valence-corrected chi connectivity index (χ4v) is 1.68. The van der Waals surface area contributed by atoms with Crippen molar-refractivity contribution in [1.82, 2.24) is 15.2 Å². The fraction of sp³-hybridized carbons (Fsp3) is 0.500. The van der Waals surface area contributed by atoms with Gasteiger partial charge in [-0.05, 0) is 32.4 Å². The molecule has 1 heterocycles. The van der Waals surface area contributed by atoms with Gasteiger partial charge in [-0.2, -0.15) is 0 Å². The molecule has 0 unspecified atom stereocenters. The highest BCUT2D eigenvalue weighted by Gasteiger charge is 2.15. The van der Waals surface area contributed by atoms with Gasteiger partial charge < -0.3 is 10.2 Å². The molecule has 0 aliphatic heterocycles. The smallest absolute Gasteiger partial charge is 0.272 e. The molecule has 0 saturated heterocycles. The van der Waals surface area contributed by atoms with Crippen LogP contribution in [-0.4, -0.2) is 41.3 Å². The Morgan fingerprint density at radius 3 is 2.37 bits per heavy atom. The highest BCUT2D eigenvalue weighted by Crippen LogP contribution is 2.04. The van der Waals surface area contributed by atoms with E-state index in [-0.39, 0.29) is 17.5 Å². The summed E-state index contributed by atoms with van der Waals surface area (Å²) < 4.78 is 0. The number of hydrogen-bond donors (Lipinski definition) is 1. The first-order valence-corrected chi connectivity index (χ1v) is 6.68. The molecule has 1 N–H and O–H groups in total. The number of carbonyl (C=O) groups excluding carboxylic acids is 2. The van der Waals surface area contributed by atoms with Gasteiger partial charge in [0, 0.05) is 19.6 Å². The minimum atomic E-state index is -0.240. The van der Waals surface area contributed by atoms with Gasteiger partial charge in [-0.1, -0.05) is 13.0 Å². The summed E-state index contributed by atoms with van der Waals surface area (Å²) in [5, 5.41) is 2.75. The molecule has 0 atom stereocenters. The van der Waals surface area contributed by atoms with Gasteiger partial charge in [0.15, 0.2) is 0 Å². The van der Waals surface area contributed by atoms with E-state index in [0.717, 1.165) is 6.42 Å². The van der Waals surface area contributed by atoms with Gasteiger partial charge in [0.05, 0.1) is 0 Å². The molecule has 0 aromatic carbocycles. The molecule has 1 aromatic heterocycles. The van der Waals surface area contributed by atoms with Crippen molar-refractivity contribution in [3.63, 3.8) is 0 Å². The van der Waals surface area contributed by atoms with Crippen LogP contribution in [0.2, 0.25) is 0 Å². The van der Waals surface area contributed by atoms with Gasteiger partial charge >= 0.3 is 0 Å². The zero-order valence-corrected chi connectivity index (χ0v) is 11.8. The van der Waals surface area contributed by atoms with Crippen molar-refractivity contribution >= 4 is 11.8 Å². The van der Waals surface area contributed by atoms with E-state index >= 15 is 0 Å². The van der Waals surface area contributed by atoms with Gasteiger partial charge in [0.25, 0.3) is 11.8 Å². The maximum atomic E-state index is 12.1. The molecular formula is C14H21N3O2. The average molecular weight is 263 g/mol. The Labute approximate surface area is 114 Å². The number of aromatic nitrogens is 1. The van der Waals surface area contributed by atoms with Crippen LogP contribution in [-0.2, 0) is 0 Å². The van der Waals surface area contributed by atoms with Crippen LogP contribution >= 0.6 is 0 Å². The second-order valence-electron chi connectivity index (χ2n) is 4.14. The standard InChI is InChI=1S/C14H21N3O2/c1-4-10-15-13(18)11-8-7-9-12(16-11)14(19)17(5-2)6-3/h7-9H,4-6,10H2,1-3H3,(H,15,18). The molecule has 0 aliphatic carbocycles. The summed E-state index contributed by atoms with van der Waals surface area (Å²) in [6.45, 7) is 7.67. The largest absolute Gasteiger partial charge is 0.351 e. The zero-order valence-electron chi connectivity index (χ0n) is 11.8. The molecule has 1 rings (SSSR count). The quantitative estimate of drug-likeness (QED) is 0.849. The zero-order chi connectivity index (χ0) is 14.3. The van der Waals surface area contributed by atoms with E-state index in [1.54, 1.807) is 23.1 Å². The lowest BCUT2D eigenvalue weighted by molar-refractivity contribution is 0.0767.